The third-order valence-electron chi connectivity index (χ3n) is 4.26. The number of hydrogen-bond acceptors (Lipinski definition) is 6. The second-order valence-corrected chi connectivity index (χ2v) is 7.29. The molecule has 1 heterocycles. The summed E-state index contributed by atoms with van der Waals surface area (Å²) in [6.45, 7) is 0. The van der Waals surface area contributed by atoms with E-state index in [1.165, 1.54) is 18.4 Å². The Bertz CT molecular complexity index is 1060. The Hall–Kier alpha value is -3.17. The highest BCUT2D eigenvalue weighted by Crippen LogP contribution is 2.35. The maximum absolute atomic E-state index is 11.9. The Labute approximate surface area is 160 Å². The Morgan fingerprint density at radius 1 is 1.26 bits per heavy atom. The number of rotatable bonds is 5. The smallest absolute Gasteiger partial charge is 0.314 e. The summed E-state index contributed by atoms with van der Waals surface area (Å²) in [7, 11) is 1.52. The molecular formula is C21H16N2O3S. The first-order valence-corrected chi connectivity index (χ1v) is 9.37. The van der Waals surface area contributed by atoms with Crippen molar-refractivity contribution in [2.45, 2.75) is 12.8 Å². The maximum atomic E-state index is 11.9. The lowest BCUT2D eigenvalue weighted by molar-refractivity contribution is -0.135. The summed E-state index contributed by atoms with van der Waals surface area (Å²) < 4.78 is 11.8. The summed E-state index contributed by atoms with van der Waals surface area (Å²) in [6, 6.07) is 15.2. The first-order chi connectivity index (χ1) is 13.2. The van der Waals surface area contributed by atoms with E-state index in [-0.39, 0.29) is 11.9 Å². The van der Waals surface area contributed by atoms with E-state index in [2.05, 4.69) is 11.1 Å². The van der Waals surface area contributed by atoms with E-state index in [0.29, 0.717) is 22.1 Å². The van der Waals surface area contributed by atoms with E-state index in [4.69, 9.17) is 9.47 Å². The van der Waals surface area contributed by atoms with E-state index in [0.717, 1.165) is 28.6 Å². The van der Waals surface area contributed by atoms with Gasteiger partial charge in [0.05, 0.1) is 28.8 Å². The van der Waals surface area contributed by atoms with Gasteiger partial charge in [0.2, 0.25) is 0 Å². The molecule has 0 radical (unpaired) electrons. The van der Waals surface area contributed by atoms with Crippen molar-refractivity contribution in [2.75, 3.05) is 7.11 Å². The minimum absolute atomic E-state index is 0.0125. The van der Waals surface area contributed by atoms with Crippen molar-refractivity contribution in [2.24, 2.45) is 5.92 Å². The number of thiazole rings is 1. The predicted molar refractivity (Wildman–Crippen MR) is 104 cm³/mol. The molecule has 1 saturated carbocycles. The van der Waals surface area contributed by atoms with Crippen LogP contribution in [-0.4, -0.2) is 18.1 Å². The average Bonchev–Trinajstić information content (AvgIpc) is 3.46. The quantitative estimate of drug-likeness (QED) is 0.367. The van der Waals surface area contributed by atoms with Crippen molar-refractivity contribution in [3.63, 3.8) is 0 Å². The fraction of sp³-hybridized carbons (Fsp3) is 0.190. The predicted octanol–water partition coefficient (Wildman–Crippen LogP) is 4.68. The van der Waals surface area contributed by atoms with E-state index in [1.54, 1.807) is 24.3 Å². The number of carbonyl (C=O) groups is 1. The first-order valence-electron chi connectivity index (χ1n) is 8.55. The van der Waals surface area contributed by atoms with E-state index in [1.807, 2.05) is 24.3 Å². The molecule has 0 amide bonds. The molecule has 0 unspecified atom stereocenters. The zero-order valence-corrected chi connectivity index (χ0v) is 15.5. The van der Waals surface area contributed by atoms with Gasteiger partial charge in [0.15, 0.2) is 11.5 Å². The van der Waals surface area contributed by atoms with Crippen LogP contribution >= 0.6 is 11.3 Å². The van der Waals surface area contributed by atoms with Crippen molar-refractivity contribution in [1.82, 2.24) is 4.98 Å². The maximum Gasteiger partial charge on any atom is 0.314 e. The van der Waals surface area contributed by atoms with Crippen LogP contribution in [0.3, 0.4) is 0 Å². The molecule has 0 atom stereocenters. The average molecular weight is 376 g/mol. The number of para-hydroxylation sites is 1. The summed E-state index contributed by atoms with van der Waals surface area (Å²) in [5.41, 5.74) is 2.12. The molecule has 1 aliphatic rings. The topological polar surface area (TPSA) is 72.2 Å². The zero-order chi connectivity index (χ0) is 18.8. The van der Waals surface area contributed by atoms with Crippen LogP contribution in [0.4, 0.5) is 0 Å². The zero-order valence-electron chi connectivity index (χ0n) is 14.6. The van der Waals surface area contributed by atoms with Crippen molar-refractivity contribution in [1.29, 1.82) is 5.26 Å². The van der Waals surface area contributed by atoms with E-state index in [9.17, 15) is 10.1 Å². The Balaban J connectivity index is 1.64. The highest BCUT2D eigenvalue weighted by molar-refractivity contribution is 7.19. The molecule has 5 nitrogen and oxygen atoms in total. The van der Waals surface area contributed by atoms with Gasteiger partial charge in [-0.25, -0.2) is 4.98 Å². The van der Waals surface area contributed by atoms with Crippen LogP contribution in [0.2, 0.25) is 0 Å². The highest BCUT2D eigenvalue weighted by atomic mass is 32.1. The second-order valence-electron chi connectivity index (χ2n) is 6.26. The van der Waals surface area contributed by atoms with Crippen molar-refractivity contribution in [3.05, 3.63) is 53.0 Å². The van der Waals surface area contributed by atoms with Gasteiger partial charge >= 0.3 is 5.97 Å². The number of benzene rings is 2. The minimum Gasteiger partial charge on any atom is -0.493 e. The van der Waals surface area contributed by atoms with Crippen LogP contribution in [-0.2, 0) is 4.79 Å². The lowest BCUT2D eigenvalue weighted by Crippen LogP contribution is -2.10. The highest BCUT2D eigenvalue weighted by Gasteiger charge is 2.32. The first kappa shape index (κ1) is 17.3. The number of nitrogens with zero attached hydrogens (tertiary/aromatic N) is 2. The van der Waals surface area contributed by atoms with Gasteiger partial charge in [-0.3, -0.25) is 4.79 Å². The van der Waals surface area contributed by atoms with E-state index < -0.39 is 0 Å². The fourth-order valence-electron chi connectivity index (χ4n) is 2.66. The van der Waals surface area contributed by atoms with Gasteiger partial charge in [0.25, 0.3) is 0 Å². The summed E-state index contributed by atoms with van der Waals surface area (Å²) in [5, 5.41) is 10.3. The number of hydrogen-bond donors (Lipinski definition) is 0. The molecule has 6 heteroatoms. The molecule has 0 bridgehead atoms. The number of methoxy groups -OCH3 is 1. The van der Waals surface area contributed by atoms with Crippen molar-refractivity contribution in [3.8, 4) is 17.6 Å². The van der Waals surface area contributed by atoms with Crippen LogP contribution in [0.15, 0.2) is 42.5 Å². The fourth-order valence-corrected chi connectivity index (χ4v) is 3.60. The summed E-state index contributed by atoms with van der Waals surface area (Å²) >= 11 is 1.48. The van der Waals surface area contributed by atoms with Gasteiger partial charge < -0.3 is 9.47 Å². The molecule has 0 aliphatic heterocycles. The van der Waals surface area contributed by atoms with Gasteiger partial charge in [-0.2, -0.15) is 5.26 Å². The standard InChI is InChI=1S/C21H16N2O3S/c1-25-18-11-13(6-9-17(18)26-21(24)14-7-8-14)10-15(12-22)20-23-16-4-2-3-5-19(16)27-20/h2-6,9-11,14H,7-8H2,1H3/b15-10+. The molecule has 1 fully saturated rings. The Morgan fingerprint density at radius 3 is 2.78 bits per heavy atom. The molecule has 1 aliphatic carbocycles. The summed E-state index contributed by atoms with van der Waals surface area (Å²) in [5.74, 6) is 0.645. The van der Waals surface area contributed by atoms with Crippen molar-refractivity contribution >= 4 is 39.2 Å². The molecule has 0 N–H and O–H groups in total. The number of aromatic nitrogens is 1. The lowest BCUT2D eigenvalue weighted by atomic mass is 10.1. The molecule has 134 valence electrons. The van der Waals surface area contributed by atoms with Crippen LogP contribution < -0.4 is 9.47 Å². The van der Waals surface area contributed by atoms with Gasteiger partial charge in [-0.15, -0.1) is 11.3 Å². The molecule has 1 aromatic heterocycles. The molecule has 0 spiro atoms. The largest absolute Gasteiger partial charge is 0.493 e. The molecule has 0 saturated heterocycles. The number of allylic oxidation sites excluding steroid dienone is 1. The number of nitriles is 1. The SMILES string of the molecule is COc1cc(/C=C(\C#N)c2nc3ccccc3s2)ccc1OC(=O)C1CC1. The van der Waals surface area contributed by atoms with Gasteiger partial charge in [-0.05, 0) is 48.7 Å². The van der Waals surface area contributed by atoms with Gasteiger partial charge in [0.1, 0.15) is 11.1 Å². The van der Waals surface area contributed by atoms with E-state index >= 15 is 0 Å². The molecule has 3 aromatic rings. The molecular weight excluding hydrogens is 360 g/mol. The van der Waals surface area contributed by atoms with Crippen LogP contribution in [0.5, 0.6) is 11.5 Å². The number of esters is 1. The van der Waals surface area contributed by atoms with Crippen molar-refractivity contribution < 1.29 is 14.3 Å². The monoisotopic (exact) mass is 376 g/mol. The normalized spacial score (nSPS) is 14.0. The number of ether oxygens (including phenoxy) is 2. The Morgan fingerprint density at radius 2 is 2.07 bits per heavy atom. The lowest BCUT2D eigenvalue weighted by Gasteiger charge is -2.09. The van der Waals surface area contributed by atoms with Gasteiger partial charge in [0, 0.05) is 0 Å². The molecule has 27 heavy (non-hydrogen) atoms. The van der Waals surface area contributed by atoms with Crippen LogP contribution in [0.25, 0.3) is 21.9 Å². The minimum atomic E-state index is -0.219. The number of carbonyl (C=O) groups excluding carboxylic acids is 1. The molecule has 4 rings (SSSR count). The van der Waals surface area contributed by atoms with Crippen LogP contribution in [0, 0.1) is 17.2 Å². The number of fused-ring (bicyclic) bond motifs is 1. The summed E-state index contributed by atoms with van der Waals surface area (Å²) in [4.78, 5) is 16.4. The third kappa shape index (κ3) is 3.69. The second kappa shape index (κ2) is 7.22. The van der Waals surface area contributed by atoms with Gasteiger partial charge in [-0.1, -0.05) is 18.2 Å². The molecule has 2 aromatic carbocycles. The Kier molecular flexibility index (Phi) is 4.61. The van der Waals surface area contributed by atoms with Crippen LogP contribution in [0.1, 0.15) is 23.4 Å². The summed E-state index contributed by atoms with van der Waals surface area (Å²) in [6.07, 6.45) is 3.53. The third-order valence-corrected chi connectivity index (χ3v) is 5.33.